The molecule has 1 rings (SSSR count). The van der Waals surface area contributed by atoms with Gasteiger partial charge in [0.25, 0.3) is 0 Å². The highest BCUT2D eigenvalue weighted by Crippen LogP contribution is 2.24. The molecule has 0 aliphatic heterocycles. The van der Waals surface area contributed by atoms with Crippen molar-refractivity contribution in [2.75, 3.05) is 12.8 Å². The molecule has 1 aliphatic carbocycles. The number of sulfone groups is 1. The molecule has 1 amide bonds. The van der Waals surface area contributed by atoms with E-state index < -0.39 is 15.1 Å². The quantitative estimate of drug-likeness (QED) is 0.701. The maximum atomic E-state index is 12.2. The Kier molecular flexibility index (Phi) is 4.74. The summed E-state index contributed by atoms with van der Waals surface area (Å²) in [6.45, 7) is 5.53. The maximum Gasteiger partial charge on any atom is 0.241 e. The van der Waals surface area contributed by atoms with E-state index in [0.29, 0.717) is 6.54 Å². The zero-order chi connectivity index (χ0) is 13.1. The van der Waals surface area contributed by atoms with Gasteiger partial charge in [0.2, 0.25) is 5.91 Å². The Hall–Kier alpha value is -0.840. The molecule has 4 nitrogen and oxygen atoms in total. The van der Waals surface area contributed by atoms with Crippen LogP contribution in [0.4, 0.5) is 0 Å². The van der Waals surface area contributed by atoms with Gasteiger partial charge in [0.1, 0.15) is 5.25 Å². The van der Waals surface area contributed by atoms with E-state index in [1.54, 1.807) is 11.0 Å². The Morgan fingerprint density at radius 3 is 2.41 bits per heavy atom. The van der Waals surface area contributed by atoms with Crippen molar-refractivity contribution < 1.29 is 13.2 Å². The molecular formula is C12H21NO3S. The molecule has 1 atom stereocenters. The Labute approximate surface area is 104 Å². The van der Waals surface area contributed by atoms with Crippen LogP contribution in [0.5, 0.6) is 0 Å². The molecule has 1 saturated carbocycles. The molecule has 0 aromatic heterocycles. The SMILES string of the molecule is C=CCN(C(=O)[C@H](C)S(C)(=O)=O)C1CCCC1. The van der Waals surface area contributed by atoms with Crippen LogP contribution in [0.1, 0.15) is 32.6 Å². The fraction of sp³-hybridized carbons (Fsp3) is 0.750. The van der Waals surface area contributed by atoms with Gasteiger partial charge in [-0.3, -0.25) is 4.79 Å². The first-order valence-electron chi connectivity index (χ1n) is 5.98. The maximum absolute atomic E-state index is 12.2. The number of carbonyl (C=O) groups is 1. The van der Waals surface area contributed by atoms with Crippen molar-refractivity contribution in [3.63, 3.8) is 0 Å². The Morgan fingerprint density at radius 2 is 2.00 bits per heavy atom. The van der Waals surface area contributed by atoms with Crippen LogP contribution >= 0.6 is 0 Å². The number of amides is 1. The Bertz CT molecular complexity index is 383. The van der Waals surface area contributed by atoms with Crippen LogP contribution in [0, 0.1) is 0 Å². The van der Waals surface area contributed by atoms with Gasteiger partial charge >= 0.3 is 0 Å². The molecule has 0 heterocycles. The molecule has 5 heteroatoms. The van der Waals surface area contributed by atoms with Crippen molar-refractivity contribution in [3.8, 4) is 0 Å². The van der Waals surface area contributed by atoms with Gasteiger partial charge in [-0.2, -0.15) is 0 Å². The summed E-state index contributed by atoms with van der Waals surface area (Å²) in [5, 5.41) is -0.956. The summed E-state index contributed by atoms with van der Waals surface area (Å²) in [4.78, 5) is 13.8. The minimum Gasteiger partial charge on any atom is -0.335 e. The highest BCUT2D eigenvalue weighted by molar-refractivity contribution is 7.92. The van der Waals surface area contributed by atoms with E-state index in [9.17, 15) is 13.2 Å². The minimum atomic E-state index is -3.32. The molecule has 0 unspecified atom stereocenters. The van der Waals surface area contributed by atoms with Gasteiger partial charge in [0.15, 0.2) is 9.84 Å². The van der Waals surface area contributed by atoms with Gasteiger partial charge in [-0.15, -0.1) is 6.58 Å². The molecule has 1 fully saturated rings. The van der Waals surface area contributed by atoms with Crippen LogP contribution in [0.15, 0.2) is 12.7 Å². The van der Waals surface area contributed by atoms with Crippen molar-refractivity contribution >= 4 is 15.7 Å². The first-order chi connectivity index (χ1) is 7.88. The Balaban J connectivity index is 2.83. The second-order valence-corrected chi connectivity index (χ2v) is 7.06. The smallest absolute Gasteiger partial charge is 0.241 e. The largest absolute Gasteiger partial charge is 0.335 e. The third-order valence-electron chi connectivity index (χ3n) is 3.36. The van der Waals surface area contributed by atoms with Gasteiger partial charge < -0.3 is 4.90 Å². The van der Waals surface area contributed by atoms with Crippen molar-refractivity contribution in [1.29, 1.82) is 0 Å². The highest BCUT2D eigenvalue weighted by Gasteiger charge is 2.32. The lowest BCUT2D eigenvalue weighted by Gasteiger charge is -2.29. The number of hydrogen-bond acceptors (Lipinski definition) is 3. The predicted molar refractivity (Wildman–Crippen MR) is 68.5 cm³/mol. The summed E-state index contributed by atoms with van der Waals surface area (Å²) in [6, 6.07) is 0.185. The number of carbonyl (C=O) groups excluding carboxylic acids is 1. The van der Waals surface area contributed by atoms with Crippen molar-refractivity contribution in [2.24, 2.45) is 0 Å². The molecule has 0 N–H and O–H groups in total. The molecule has 1 aliphatic rings. The molecular weight excluding hydrogens is 238 g/mol. The lowest BCUT2D eigenvalue weighted by Crippen LogP contribution is -2.46. The van der Waals surface area contributed by atoms with E-state index in [0.717, 1.165) is 31.9 Å². The zero-order valence-corrected chi connectivity index (χ0v) is 11.4. The fourth-order valence-corrected chi connectivity index (χ4v) is 2.69. The lowest BCUT2D eigenvalue weighted by molar-refractivity contribution is -0.132. The monoisotopic (exact) mass is 259 g/mol. The molecule has 0 bridgehead atoms. The fourth-order valence-electron chi connectivity index (χ4n) is 2.19. The predicted octanol–water partition coefficient (Wildman–Crippen LogP) is 1.38. The summed E-state index contributed by atoms with van der Waals surface area (Å²) in [7, 11) is -3.32. The normalized spacial score (nSPS) is 18.9. The lowest BCUT2D eigenvalue weighted by atomic mass is 10.2. The van der Waals surface area contributed by atoms with Crippen LogP contribution in [-0.2, 0) is 14.6 Å². The number of hydrogen-bond donors (Lipinski definition) is 0. The van der Waals surface area contributed by atoms with Crippen LogP contribution < -0.4 is 0 Å². The average molecular weight is 259 g/mol. The molecule has 0 spiro atoms. The second-order valence-electron chi connectivity index (χ2n) is 4.69. The molecule has 17 heavy (non-hydrogen) atoms. The van der Waals surface area contributed by atoms with E-state index in [1.165, 1.54) is 6.92 Å². The van der Waals surface area contributed by atoms with Gasteiger partial charge in [-0.1, -0.05) is 18.9 Å². The molecule has 0 saturated heterocycles. The van der Waals surface area contributed by atoms with Crippen LogP contribution in [0.2, 0.25) is 0 Å². The van der Waals surface area contributed by atoms with Gasteiger partial charge in [-0.05, 0) is 19.8 Å². The Morgan fingerprint density at radius 1 is 1.47 bits per heavy atom. The summed E-state index contributed by atoms with van der Waals surface area (Å²) in [6.07, 6.45) is 6.92. The molecule has 0 aromatic carbocycles. The first-order valence-corrected chi connectivity index (χ1v) is 7.93. The van der Waals surface area contributed by atoms with E-state index in [-0.39, 0.29) is 11.9 Å². The van der Waals surface area contributed by atoms with Crippen molar-refractivity contribution in [1.82, 2.24) is 4.90 Å². The van der Waals surface area contributed by atoms with Crippen LogP contribution in [-0.4, -0.2) is 43.3 Å². The van der Waals surface area contributed by atoms with Crippen LogP contribution in [0.25, 0.3) is 0 Å². The topological polar surface area (TPSA) is 54.5 Å². The van der Waals surface area contributed by atoms with Gasteiger partial charge in [-0.25, -0.2) is 8.42 Å². The molecule has 0 aromatic rings. The summed E-state index contributed by atoms with van der Waals surface area (Å²) in [5.41, 5.74) is 0. The van der Waals surface area contributed by atoms with Gasteiger partial charge in [0, 0.05) is 18.8 Å². The second kappa shape index (κ2) is 5.67. The van der Waals surface area contributed by atoms with Crippen LogP contribution in [0.3, 0.4) is 0 Å². The number of nitrogens with zero attached hydrogens (tertiary/aromatic N) is 1. The van der Waals surface area contributed by atoms with Crippen molar-refractivity contribution in [3.05, 3.63) is 12.7 Å². The minimum absolute atomic E-state index is 0.185. The third kappa shape index (κ3) is 3.56. The zero-order valence-electron chi connectivity index (χ0n) is 10.6. The van der Waals surface area contributed by atoms with E-state index in [4.69, 9.17) is 0 Å². The average Bonchev–Trinajstić information content (AvgIpc) is 2.75. The number of rotatable bonds is 5. The first kappa shape index (κ1) is 14.2. The highest BCUT2D eigenvalue weighted by atomic mass is 32.2. The van der Waals surface area contributed by atoms with E-state index >= 15 is 0 Å². The summed E-state index contributed by atoms with van der Waals surface area (Å²) >= 11 is 0. The van der Waals surface area contributed by atoms with E-state index in [1.807, 2.05) is 0 Å². The summed E-state index contributed by atoms with van der Waals surface area (Å²) in [5.74, 6) is -0.292. The molecule has 0 radical (unpaired) electrons. The van der Waals surface area contributed by atoms with E-state index in [2.05, 4.69) is 6.58 Å². The van der Waals surface area contributed by atoms with Crippen molar-refractivity contribution in [2.45, 2.75) is 43.9 Å². The summed E-state index contributed by atoms with van der Waals surface area (Å²) < 4.78 is 22.8. The molecule has 98 valence electrons. The standard InChI is InChI=1S/C12H21NO3S/c1-4-9-13(11-7-5-6-8-11)12(14)10(2)17(3,15)16/h4,10-11H,1,5-9H2,2-3H3/t10-/m0/s1. The van der Waals surface area contributed by atoms with Gasteiger partial charge in [0.05, 0.1) is 0 Å². The third-order valence-corrected chi connectivity index (χ3v) is 4.85.